The van der Waals surface area contributed by atoms with Gasteiger partial charge in [-0.1, -0.05) is 0 Å². The maximum atomic E-state index is 12.1. The molecule has 0 saturated carbocycles. The zero-order valence-corrected chi connectivity index (χ0v) is 17.2. The van der Waals surface area contributed by atoms with Crippen LogP contribution in [0, 0.1) is 5.92 Å². The fourth-order valence-corrected chi connectivity index (χ4v) is 2.18. The van der Waals surface area contributed by atoms with Gasteiger partial charge in [0.25, 0.3) is 0 Å². The van der Waals surface area contributed by atoms with E-state index in [1.165, 1.54) is 4.90 Å². The number of carbonyl (C=O) groups excluding carboxylic acids is 2. The number of likely N-dealkylation sites (N-methyl/N-ethyl adjacent to an activating group) is 1. The molecule has 1 saturated heterocycles. The molecule has 7 nitrogen and oxygen atoms in total. The van der Waals surface area contributed by atoms with Gasteiger partial charge in [0.15, 0.2) is 5.96 Å². The van der Waals surface area contributed by atoms with E-state index in [9.17, 15) is 9.59 Å². The Hall–Kier alpha value is -1.06. The van der Waals surface area contributed by atoms with Crippen LogP contribution in [0.2, 0.25) is 0 Å². The number of nitrogens with zero attached hydrogens (tertiary/aromatic N) is 3. The quantitative estimate of drug-likeness (QED) is 0.306. The zero-order valence-electron chi connectivity index (χ0n) is 14.9. The maximum absolute atomic E-state index is 12.1. The predicted molar refractivity (Wildman–Crippen MR) is 101 cm³/mol. The number of likely N-dealkylation sites (tertiary alicyclic amines) is 1. The summed E-state index contributed by atoms with van der Waals surface area (Å²) in [6, 6.07) is 0. The molecule has 0 aliphatic carbocycles. The molecule has 23 heavy (non-hydrogen) atoms. The first kappa shape index (κ1) is 21.9. The molecule has 1 fully saturated rings. The van der Waals surface area contributed by atoms with Gasteiger partial charge in [-0.2, -0.15) is 0 Å². The lowest BCUT2D eigenvalue weighted by atomic mass is 10.1. The number of halogens is 1. The Morgan fingerprint density at radius 1 is 1.35 bits per heavy atom. The average Bonchev–Trinajstić information content (AvgIpc) is 2.86. The van der Waals surface area contributed by atoms with Crippen molar-refractivity contribution in [1.29, 1.82) is 0 Å². The lowest BCUT2D eigenvalue weighted by molar-refractivity contribution is -0.159. The van der Waals surface area contributed by atoms with Gasteiger partial charge in [-0.05, 0) is 27.2 Å². The Kier molecular flexibility index (Phi) is 8.86. The first-order valence-corrected chi connectivity index (χ1v) is 7.52. The van der Waals surface area contributed by atoms with Gasteiger partial charge in [0.05, 0.1) is 12.5 Å². The molecule has 0 aromatic carbocycles. The van der Waals surface area contributed by atoms with Crippen molar-refractivity contribution >= 4 is 41.8 Å². The third-order valence-corrected chi connectivity index (χ3v) is 3.34. The van der Waals surface area contributed by atoms with Crippen LogP contribution < -0.4 is 5.32 Å². The minimum Gasteiger partial charge on any atom is -0.460 e. The zero-order chi connectivity index (χ0) is 16.9. The molecule has 0 aromatic rings. The van der Waals surface area contributed by atoms with Crippen molar-refractivity contribution in [1.82, 2.24) is 15.1 Å². The third-order valence-electron chi connectivity index (χ3n) is 3.34. The minimum atomic E-state index is -0.470. The maximum Gasteiger partial charge on any atom is 0.311 e. The lowest BCUT2D eigenvalue weighted by Gasteiger charge is -2.24. The molecular weight excluding hydrogens is 411 g/mol. The van der Waals surface area contributed by atoms with Crippen molar-refractivity contribution in [2.75, 3.05) is 40.8 Å². The Morgan fingerprint density at radius 3 is 2.43 bits per heavy atom. The van der Waals surface area contributed by atoms with E-state index in [1.807, 2.05) is 25.7 Å². The van der Waals surface area contributed by atoms with Gasteiger partial charge in [-0.3, -0.25) is 14.6 Å². The summed E-state index contributed by atoms with van der Waals surface area (Å²) < 4.78 is 5.43. The van der Waals surface area contributed by atoms with Gasteiger partial charge >= 0.3 is 5.97 Å². The van der Waals surface area contributed by atoms with E-state index in [0.29, 0.717) is 12.5 Å². The monoisotopic (exact) mass is 440 g/mol. The molecule has 1 rings (SSSR count). The molecule has 1 aliphatic heterocycles. The fraction of sp³-hybridized carbons (Fsp3) is 0.800. The Bertz CT molecular complexity index is 446. The standard InChI is InChI=1S/C15H28N4O3.HI/c1-15(2,3)22-13(21)11-7-8-19(10-11)14(16-4)17-9-12(20)18(5)6;/h11H,7-10H2,1-6H3,(H,16,17);1H. The summed E-state index contributed by atoms with van der Waals surface area (Å²) in [5.41, 5.74) is -0.470. The van der Waals surface area contributed by atoms with Gasteiger partial charge in [0.1, 0.15) is 5.60 Å². The topological polar surface area (TPSA) is 74.2 Å². The van der Waals surface area contributed by atoms with Crippen LogP contribution in [0.5, 0.6) is 0 Å². The molecule has 1 amide bonds. The summed E-state index contributed by atoms with van der Waals surface area (Å²) >= 11 is 0. The molecular formula is C15H29IN4O3. The van der Waals surface area contributed by atoms with Crippen LogP contribution >= 0.6 is 24.0 Å². The summed E-state index contributed by atoms with van der Waals surface area (Å²) in [5, 5.41) is 3.03. The predicted octanol–water partition coefficient (Wildman–Crippen LogP) is 0.932. The van der Waals surface area contributed by atoms with Crippen LogP contribution in [0.3, 0.4) is 0 Å². The number of esters is 1. The van der Waals surface area contributed by atoms with E-state index in [0.717, 1.165) is 13.0 Å². The second-order valence-electron chi connectivity index (χ2n) is 6.65. The molecule has 8 heteroatoms. The summed E-state index contributed by atoms with van der Waals surface area (Å²) in [5.74, 6) is 0.294. The Balaban J connectivity index is 0.00000484. The number of carbonyl (C=O) groups is 2. The summed E-state index contributed by atoms with van der Waals surface area (Å²) in [6.45, 7) is 7.07. The molecule has 134 valence electrons. The molecule has 0 spiro atoms. The molecule has 1 atom stereocenters. The summed E-state index contributed by atoms with van der Waals surface area (Å²) in [7, 11) is 5.09. The van der Waals surface area contributed by atoms with Gasteiger partial charge in [-0.25, -0.2) is 0 Å². The molecule has 0 radical (unpaired) electrons. The lowest BCUT2D eigenvalue weighted by Crippen LogP contribution is -2.44. The fourth-order valence-electron chi connectivity index (χ4n) is 2.18. The van der Waals surface area contributed by atoms with E-state index in [2.05, 4.69) is 10.3 Å². The van der Waals surface area contributed by atoms with E-state index in [-0.39, 0.29) is 48.3 Å². The number of nitrogens with one attached hydrogen (secondary N) is 1. The van der Waals surface area contributed by atoms with Crippen LogP contribution in [0.25, 0.3) is 0 Å². The van der Waals surface area contributed by atoms with Gasteiger partial charge < -0.3 is 19.9 Å². The first-order valence-electron chi connectivity index (χ1n) is 7.52. The molecule has 0 aromatic heterocycles. The SMILES string of the molecule is CN=C(NCC(=O)N(C)C)N1CCC(C(=O)OC(C)(C)C)C1.I. The first-order chi connectivity index (χ1) is 10.1. The molecule has 0 bridgehead atoms. The van der Waals surface area contributed by atoms with E-state index >= 15 is 0 Å². The molecule has 1 unspecified atom stereocenters. The molecule has 1 aliphatic rings. The van der Waals surface area contributed by atoms with Crippen LogP contribution in [0.4, 0.5) is 0 Å². The normalized spacial score (nSPS) is 18.3. The highest BCUT2D eigenvalue weighted by molar-refractivity contribution is 14.0. The number of ether oxygens (including phenoxy) is 1. The van der Waals surface area contributed by atoms with Gasteiger partial charge in [0, 0.05) is 34.2 Å². The van der Waals surface area contributed by atoms with Crippen molar-refractivity contribution in [2.24, 2.45) is 10.9 Å². The number of rotatable bonds is 3. The van der Waals surface area contributed by atoms with Crippen molar-refractivity contribution in [3.63, 3.8) is 0 Å². The second kappa shape index (κ2) is 9.29. The van der Waals surface area contributed by atoms with E-state index in [1.54, 1.807) is 21.1 Å². The number of amides is 1. The number of guanidine groups is 1. The minimum absolute atomic E-state index is 0. The van der Waals surface area contributed by atoms with Gasteiger partial charge in [0.2, 0.25) is 5.91 Å². The van der Waals surface area contributed by atoms with E-state index in [4.69, 9.17) is 4.74 Å². The van der Waals surface area contributed by atoms with Crippen LogP contribution in [-0.4, -0.2) is 74.0 Å². The van der Waals surface area contributed by atoms with Crippen molar-refractivity contribution in [2.45, 2.75) is 32.8 Å². The summed E-state index contributed by atoms with van der Waals surface area (Å²) in [6.07, 6.45) is 0.733. The summed E-state index contributed by atoms with van der Waals surface area (Å²) in [4.78, 5) is 31.4. The second-order valence-corrected chi connectivity index (χ2v) is 6.65. The number of aliphatic imine (C=N–C) groups is 1. The van der Waals surface area contributed by atoms with Crippen LogP contribution in [0.1, 0.15) is 27.2 Å². The van der Waals surface area contributed by atoms with Crippen LogP contribution in [-0.2, 0) is 14.3 Å². The van der Waals surface area contributed by atoms with Gasteiger partial charge in [-0.15, -0.1) is 24.0 Å². The number of hydrogen-bond acceptors (Lipinski definition) is 4. The largest absolute Gasteiger partial charge is 0.460 e. The van der Waals surface area contributed by atoms with Crippen molar-refractivity contribution in [3.8, 4) is 0 Å². The number of hydrogen-bond donors (Lipinski definition) is 1. The van der Waals surface area contributed by atoms with E-state index < -0.39 is 5.60 Å². The average molecular weight is 440 g/mol. The highest BCUT2D eigenvalue weighted by atomic mass is 127. The smallest absolute Gasteiger partial charge is 0.311 e. The highest BCUT2D eigenvalue weighted by Crippen LogP contribution is 2.20. The van der Waals surface area contributed by atoms with Crippen LogP contribution in [0.15, 0.2) is 4.99 Å². The highest BCUT2D eigenvalue weighted by Gasteiger charge is 2.33. The Labute approximate surface area is 155 Å². The van der Waals surface area contributed by atoms with Crippen molar-refractivity contribution < 1.29 is 14.3 Å². The molecule has 1 N–H and O–H groups in total. The Morgan fingerprint density at radius 2 is 1.96 bits per heavy atom. The molecule has 1 heterocycles. The third kappa shape index (κ3) is 7.36. The van der Waals surface area contributed by atoms with Crippen molar-refractivity contribution in [3.05, 3.63) is 0 Å².